The van der Waals surface area contributed by atoms with Gasteiger partial charge in [-0.3, -0.25) is 0 Å². The van der Waals surface area contributed by atoms with Gasteiger partial charge in [-0.05, 0) is 23.8 Å². The molecule has 2 nitrogen and oxygen atoms in total. The number of rotatable bonds is 1. The number of nitrogens with one attached hydrogen (secondary N) is 1. The molecule has 0 fully saturated rings. The van der Waals surface area contributed by atoms with Gasteiger partial charge in [-0.25, -0.2) is 0 Å². The number of fused-ring (bicyclic) bond motifs is 1. The van der Waals surface area contributed by atoms with E-state index in [1.54, 1.807) is 0 Å². The molecule has 1 aromatic rings. The lowest BCUT2D eigenvalue weighted by molar-refractivity contribution is -0.885. The van der Waals surface area contributed by atoms with Crippen LogP contribution in [0.5, 0.6) is 0 Å². The van der Waals surface area contributed by atoms with Crippen molar-refractivity contribution in [1.29, 1.82) is 0 Å². The van der Waals surface area contributed by atoms with Crippen LogP contribution in [0.1, 0.15) is 5.56 Å². The van der Waals surface area contributed by atoms with Crippen molar-refractivity contribution in [2.45, 2.75) is 6.17 Å². The molecule has 0 aliphatic carbocycles. The van der Waals surface area contributed by atoms with E-state index in [-0.39, 0.29) is 0 Å². The van der Waals surface area contributed by atoms with Crippen LogP contribution in [0.25, 0.3) is 6.08 Å². The molecule has 1 N–H and O–H groups in total. The highest BCUT2D eigenvalue weighted by Gasteiger charge is 2.23. The van der Waals surface area contributed by atoms with Gasteiger partial charge in [-0.15, -0.1) is 0 Å². The van der Waals surface area contributed by atoms with Gasteiger partial charge in [0.1, 0.15) is 0 Å². The van der Waals surface area contributed by atoms with E-state index in [9.17, 15) is 0 Å². The summed E-state index contributed by atoms with van der Waals surface area (Å²) in [6, 6.07) is 8.39. The molecule has 0 saturated carbocycles. The topological polar surface area (TPSA) is 12.0 Å². The van der Waals surface area contributed by atoms with Crippen LogP contribution in [0.3, 0.4) is 0 Å². The third-order valence-corrected chi connectivity index (χ3v) is 2.56. The Labute approximate surface area is 85.4 Å². The Balaban J connectivity index is 2.30. The first kappa shape index (κ1) is 9.28. The maximum Gasteiger partial charge on any atom is 0.181 e. The lowest BCUT2D eigenvalue weighted by Crippen LogP contribution is -2.49. The summed E-state index contributed by atoms with van der Waals surface area (Å²) in [6.07, 6.45) is 4.78. The molecule has 0 bridgehead atoms. The van der Waals surface area contributed by atoms with E-state index in [1.165, 1.54) is 11.3 Å². The molecular formula is C12H17N2+. The van der Waals surface area contributed by atoms with Crippen molar-refractivity contribution in [3.8, 4) is 0 Å². The van der Waals surface area contributed by atoms with Crippen LogP contribution in [0.15, 0.2) is 30.3 Å². The van der Waals surface area contributed by atoms with E-state index < -0.39 is 0 Å². The Kier molecular flexibility index (Phi) is 2.08. The average Bonchev–Trinajstić information content (AvgIpc) is 2.16. The van der Waals surface area contributed by atoms with E-state index in [0.29, 0.717) is 6.17 Å². The number of benzene rings is 1. The van der Waals surface area contributed by atoms with Gasteiger partial charge >= 0.3 is 0 Å². The van der Waals surface area contributed by atoms with Crippen LogP contribution in [-0.4, -0.2) is 31.8 Å². The third-order valence-electron chi connectivity index (χ3n) is 2.56. The number of hydrogen-bond donors (Lipinski definition) is 1. The molecular weight excluding hydrogens is 172 g/mol. The predicted octanol–water partition coefficient (Wildman–Crippen LogP) is 2.16. The summed E-state index contributed by atoms with van der Waals surface area (Å²) in [5.41, 5.74) is 2.50. The molecule has 1 unspecified atom stereocenters. The van der Waals surface area contributed by atoms with E-state index in [1.807, 2.05) is 0 Å². The van der Waals surface area contributed by atoms with Gasteiger partial charge < -0.3 is 9.80 Å². The summed E-state index contributed by atoms with van der Waals surface area (Å²) in [7, 11) is 6.57. The number of hydrogen-bond acceptors (Lipinski definition) is 1. The zero-order valence-electron chi connectivity index (χ0n) is 8.99. The first-order valence-electron chi connectivity index (χ1n) is 4.92. The average molecular weight is 189 g/mol. The number of likely N-dealkylation sites (N-methyl/N-ethyl adjacent to an activating group) is 1. The highest BCUT2D eigenvalue weighted by Crippen LogP contribution is 2.24. The minimum atomic E-state index is 0.366. The van der Waals surface area contributed by atoms with Gasteiger partial charge in [0.15, 0.2) is 6.17 Å². The third kappa shape index (κ3) is 1.66. The second-order valence-corrected chi connectivity index (χ2v) is 4.65. The van der Waals surface area contributed by atoms with Crippen molar-refractivity contribution in [3.63, 3.8) is 0 Å². The monoisotopic (exact) mass is 189 g/mol. The fourth-order valence-corrected chi connectivity index (χ4v) is 1.63. The van der Waals surface area contributed by atoms with Crippen LogP contribution in [0.2, 0.25) is 0 Å². The Morgan fingerprint density at radius 3 is 2.57 bits per heavy atom. The molecule has 0 spiro atoms. The van der Waals surface area contributed by atoms with Crippen molar-refractivity contribution in [2.24, 2.45) is 0 Å². The second-order valence-electron chi connectivity index (χ2n) is 4.65. The number of nitrogens with zero attached hydrogens (tertiary/aromatic N) is 1. The van der Waals surface area contributed by atoms with Gasteiger partial charge in [0.25, 0.3) is 0 Å². The fraction of sp³-hybridized carbons (Fsp3) is 0.333. The number of para-hydroxylation sites is 1. The largest absolute Gasteiger partial charge is 0.332 e. The molecule has 0 aromatic heterocycles. The van der Waals surface area contributed by atoms with Gasteiger partial charge in [0, 0.05) is 5.69 Å². The molecule has 2 heteroatoms. The minimum absolute atomic E-state index is 0.366. The second kappa shape index (κ2) is 3.14. The normalized spacial score (nSPS) is 20.1. The molecule has 1 heterocycles. The summed E-state index contributed by atoms with van der Waals surface area (Å²) in [5, 5.41) is 3.52. The predicted molar refractivity (Wildman–Crippen MR) is 60.9 cm³/mol. The maximum atomic E-state index is 3.52. The number of quaternary nitrogens is 1. The summed E-state index contributed by atoms with van der Waals surface area (Å²) < 4.78 is 0.894. The van der Waals surface area contributed by atoms with Crippen LogP contribution >= 0.6 is 0 Å². The van der Waals surface area contributed by atoms with Gasteiger partial charge in [0.05, 0.1) is 21.1 Å². The van der Waals surface area contributed by atoms with E-state index in [2.05, 4.69) is 62.9 Å². The Bertz CT molecular complexity index is 361. The van der Waals surface area contributed by atoms with Gasteiger partial charge in [-0.1, -0.05) is 18.2 Å². The smallest absolute Gasteiger partial charge is 0.181 e. The Hall–Kier alpha value is -1.28. The fourth-order valence-electron chi connectivity index (χ4n) is 1.63. The lowest BCUT2D eigenvalue weighted by atomic mass is 10.1. The van der Waals surface area contributed by atoms with E-state index in [0.717, 1.165) is 4.48 Å². The SMILES string of the molecule is C[N+](C)(C)C1C=Cc2ccccc2N1. The summed E-state index contributed by atoms with van der Waals surface area (Å²) in [4.78, 5) is 0. The molecule has 0 saturated heterocycles. The molecule has 1 atom stereocenters. The Morgan fingerprint density at radius 2 is 1.86 bits per heavy atom. The van der Waals surface area contributed by atoms with Crippen molar-refractivity contribution < 1.29 is 4.48 Å². The highest BCUT2D eigenvalue weighted by molar-refractivity contribution is 5.70. The van der Waals surface area contributed by atoms with Crippen molar-refractivity contribution in [3.05, 3.63) is 35.9 Å². The summed E-state index contributed by atoms with van der Waals surface area (Å²) >= 11 is 0. The van der Waals surface area contributed by atoms with Crippen LogP contribution in [0, 0.1) is 0 Å². The Morgan fingerprint density at radius 1 is 1.14 bits per heavy atom. The zero-order valence-corrected chi connectivity index (χ0v) is 8.99. The maximum absolute atomic E-state index is 3.52. The van der Waals surface area contributed by atoms with Crippen molar-refractivity contribution in [1.82, 2.24) is 0 Å². The highest BCUT2D eigenvalue weighted by atomic mass is 15.4. The first-order valence-corrected chi connectivity index (χ1v) is 4.92. The zero-order chi connectivity index (χ0) is 10.2. The molecule has 74 valence electrons. The van der Waals surface area contributed by atoms with Gasteiger partial charge in [0.2, 0.25) is 0 Å². The molecule has 2 rings (SSSR count). The molecule has 1 aliphatic heterocycles. The van der Waals surface area contributed by atoms with Gasteiger partial charge in [-0.2, -0.15) is 0 Å². The quantitative estimate of drug-likeness (QED) is 0.667. The minimum Gasteiger partial charge on any atom is -0.332 e. The van der Waals surface area contributed by atoms with E-state index >= 15 is 0 Å². The van der Waals surface area contributed by atoms with Crippen molar-refractivity contribution >= 4 is 11.8 Å². The molecule has 0 amide bonds. The standard InChI is InChI=1S/C12H17N2/c1-14(2,3)12-9-8-10-6-4-5-7-11(10)13-12/h4-9,12-13H,1-3H3/q+1. The van der Waals surface area contributed by atoms with E-state index in [4.69, 9.17) is 0 Å². The summed E-state index contributed by atoms with van der Waals surface area (Å²) in [5.74, 6) is 0. The molecule has 1 aromatic carbocycles. The number of anilines is 1. The molecule has 1 aliphatic rings. The first-order chi connectivity index (χ1) is 6.57. The van der Waals surface area contributed by atoms with Crippen LogP contribution in [0.4, 0.5) is 5.69 Å². The van der Waals surface area contributed by atoms with Crippen molar-refractivity contribution in [2.75, 3.05) is 26.5 Å². The summed E-state index contributed by atoms with van der Waals surface area (Å²) in [6.45, 7) is 0. The molecule has 0 radical (unpaired) electrons. The molecule has 14 heavy (non-hydrogen) atoms. The lowest BCUT2D eigenvalue weighted by Gasteiger charge is -2.35. The van der Waals surface area contributed by atoms with Crippen LogP contribution in [-0.2, 0) is 0 Å². The van der Waals surface area contributed by atoms with Crippen LogP contribution < -0.4 is 5.32 Å².